The van der Waals surface area contributed by atoms with Gasteiger partial charge in [0.2, 0.25) is 0 Å². The first-order chi connectivity index (χ1) is 7.19. The summed E-state index contributed by atoms with van der Waals surface area (Å²) in [6.45, 7) is 5.80. The van der Waals surface area contributed by atoms with Crippen molar-refractivity contribution in [3.63, 3.8) is 0 Å². The molecule has 1 aromatic rings. The van der Waals surface area contributed by atoms with Crippen LogP contribution in [0.15, 0.2) is 12.1 Å². The molecule has 0 aliphatic rings. The molecule has 0 unspecified atom stereocenters. The van der Waals surface area contributed by atoms with Crippen LogP contribution in [0.5, 0.6) is 0 Å². The van der Waals surface area contributed by atoms with Crippen LogP contribution < -0.4 is 10.6 Å². The number of anilines is 1. The summed E-state index contributed by atoms with van der Waals surface area (Å²) >= 11 is 0. The Morgan fingerprint density at radius 3 is 2.73 bits per heavy atom. The molecule has 0 aliphatic heterocycles. The van der Waals surface area contributed by atoms with Crippen molar-refractivity contribution >= 4 is 5.82 Å². The van der Waals surface area contributed by atoms with Crippen LogP contribution >= 0.6 is 0 Å². The molecule has 0 radical (unpaired) electrons. The molecule has 84 valence electrons. The Balaban J connectivity index is 2.85. The number of hydrogen-bond acceptors (Lipinski definition) is 3. The van der Waals surface area contributed by atoms with Crippen molar-refractivity contribution in [2.24, 2.45) is 5.73 Å². The monoisotopic (exact) mass is 207 g/mol. The number of pyridine rings is 1. The third-order valence-corrected chi connectivity index (χ3v) is 2.52. The SMILES string of the molecule is CCCCN(C)c1nc(C)ccc1CN. The van der Waals surface area contributed by atoms with E-state index in [4.69, 9.17) is 5.73 Å². The topological polar surface area (TPSA) is 42.2 Å². The first-order valence-corrected chi connectivity index (χ1v) is 5.56. The summed E-state index contributed by atoms with van der Waals surface area (Å²) in [7, 11) is 2.08. The number of nitrogens with zero attached hydrogens (tertiary/aromatic N) is 2. The molecule has 1 rings (SSSR count). The van der Waals surface area contributed by atoms with E-state index in [1.807, 2.05) is 13.0 Å². The Bertz CT molecular complexity index is 310. The van der Waals surface area contributed by atoms with Gasteiger partial charge < -0.3 is 10.6 Å². The maximum absolute atomic E-state index is 5.70. The highest BCUT2D eigenvalue weighted by Crippen LogP contribution is 2.17. The van der Waals surface area contributed by atoms with E-state index in [0.29, 0.717) is 6.54 Å². The Kier molecular flexibility index (Phi) is 4.56. The Morgan fingerprint density at radius 1 is 1.40 bits per heavy atom. The van der Waals surface area contributed by atoms with Crippen LogP contribution in [0, 0.1) is 6.92 Å². The van der Waals surface area contributed by atoms with Crippen LogP contribution in [0.4, 0.5) is 5.82 Å². The summed E-state index contributed by atoms with van der Waals surface area (Å²) in [5, 5.41) is 0. The minimum atomic E-state index is 0.555. The van der Waals surface area contributed by atoms with E-state index in [9.17, 15) is 0 Å². The maximum atomic E-state index is 5.70. The molecule has 0 fully saturated rings. The van der Waals surface area contributed by atoms with Gasteiger partial charge >= 0.3 is 0 Å². The predicted octanol–water partition coefficient (Wildman–Crippen LogP) is 2.09. The number of rotatable bonds is 5. The van der Waals surface area contributed by atoms with Crippen molar-refractivity contribution in [3.8, 4) is 0 Å². The second-order valence-electron chi connectivity index (χ2n) is 3.91. The first-order valence-electron chi connectivity index (χ1n) is 5.56. The standard InChI is InChI=1S/C12H21N3/c1-4-5-8-15(3)12-11(9-13)7-6-10(2)14-12/h6-7H,4-5,8-9,13H2,1-3H3. The quantitative estimate of drug-likeness (QED) is 0.804. The molecule has 0 amide bonds. The molecule has 0 aliphatic carbocycles. The Morgan fingerprint density at radius 2 is 2.13 bits per heavy atom. The molecule has 3 heteroatoms. The maximum Gasteiger partial charge on any atom is 0.133 e. The summed E-state index contributed by atoms with van der Waals surface area (Å²) in [4.78, 5) is 6.74. The lowest BCUT2D eigenvalue weighted by Crippen LogP contribution is -2.22. The molecule has 1 aromatic heterocycles. The molecule has 0 bridgehead atoms. The van der Waals surface area contributed by atoms with Crippen molar-refractivity contribution in [2.45, 2.75) is 33.2 Å². The van der Waals surface area contributed by atoms with Crippen molar-refractivity contribution in [2.75, 3.05) is 18.5 Å². The summed E-state index contributed by atoms with van der Waals surface area (Å²) in [5.41, 5.74) is 7.87. The Labute approximate surface area is 92.3 Å². The summed E-state index contributed by atoms with van der Waals surface area (Å²) in [5.74, 6) is 1.03. The third-order valence-electron chi connectivity index (χ3n) is 2.52. The molecule has 0 atom stereocenters. The van der Waals surface area contributed by atoms with Gasteiger partial charge in [0.05, 0.1) is 0 Å². The van der Waals surface area contributed by atoms with Gasteiger partial charge in [-0.05, 0) is 19.4 Å². The van der Waals surface area contributed by atoms with Crippen molar-refractivity contribution < 1.29 is 0 Å². The second kappa shape index (κ2) is 5.71. The summed E-state index contributed by atoms with van der Waals surface area (Å²) in [6, 6.07) is 4.08. The zero-order chi connectivity index (χ0) is 11.3. The zero-order valence-electron chi connectivity index (χ0n) is 9.95. The van der Waals surface area contributed by atoms with E-state index in [-0.39, 0.29) is 0 Å². The molecule has 0 aromatic carbocycles. The molecule has 15 heavy (non-hydrogen) atoms. The average Bonchev–Trinajstić information content (AvgIpc) is 2.25. The zero-order valence-corrected chi connectivity index (χ0v) is 9.95. The lowest BCUT2D eigenvalue weighted by Gasteiger charge is -2.21. The van der Waals surface area contributed by atoms with Crippen molar-refractivity contribution in [3.05, 3.63) is 23.4 Å². The first kappa shape index (κ1) is 12.0. The minimum absolute atomic E-state index is 0.555. The number of nitrogens with two attached hydrogens (primary N) is 1. The highest BCUT2D eigenvalue weighted by Gasteiger charge is 2.07. The number of aromatic nitrogens is 1. The van der Waals surface area contributed by atoms with Gasteiger partial charge in [-0.15, -0.1) is 0 Å². The second-order valence-corrected chi connectivity index (χ2v) is 3.91. The van der Waals surface area contributed by atoms with Crippen LogP contribution in [0.2, 0.25) is 0 Å². The van der Waals surface area contributed by atoms with Crippen LogP contribution in [0.1, 0.15) is 31.0 Å². The van der Waals surface area contributed by atoms with E-state index in [1.165, 1.54) is 12.8 Å². The summed E-state index contributed by atoms with van der Waals surface area (Å²) < 4.78 is 0. The van der Waals surface area contributed by atoms with Gasteiger partial charge in [0.25, 0.3) is 0 Å². The lowest BCUT2D eigenvalue weighted by molar-refractivity contribution is 0.753. The van der Waals surface area contributed by atoms with Gasteiger partial charge in [-0.1, -0.05) is 19.4 Å². The van der Waals surface area contributed by atoms with E-state index in [2.05, 4.69) is 29.9 Å². The van der Waals surface area contributed by atoms with Gasteiger partial charge in [0.15, 0.2) is 0 Å². The highest BCUT2D eigenvalue weighted by molar-refractivity contribution is 5.46. The number of unbranched alkanes of at least 4 members (excludes halogenated alkanes) is 1. The molecular weight excluding hydrogens is 186 g/mol. The average molecular weight is 207 g/mol. The highest BCUT2D eigenvalue weighted by atomic mass is 15.2. The van der Waals surface area contributed by atoms with Crippen LogP contribution in [-0.2, 0) is 6.54 Å². The number of hydrogen-bond donors (Lipinski definition) is 1. The molecule has 0 spiro atoms. The molecular formula is C12H21N3. The van der Waals surface area contributed by atoms with Crippen molar-refractivity contribution in [1.29, 1.82) is 0 Å². The third kappa shape index (κ3) is 3.20. The van der Waals surface area contributed by atoms with Gasteiger partial charge in [-0.2, -0.15) is 0 Å². The molecule has 1 heterocycles. The molecule has 0 saturated heterocycles. The van der Waals surface area contributed by atoms with Gasteiger partial charge in [-0.3, -0.25) is 0 Å². The Hall–Kier alpha value is -1.09. The van der Waals surface area contributed by atoms with Gasteiger partial charge in [-0.25, -0.2) is 4.98 Å². The van der Waals surface area contributed by atoms with Crippen LogP contribution in [0.3, 0.4) is 0 Å². The fourth-order valence-corrected chi connectivity index (χ4v) is 1.56. The molecule has 2 N–H and O–H groups in total. The molecule has 0 saturated carbocycles. The largest absolute Gasteiger partial charge is 0.359 e. The predicted molar refractivity (Wildman–Crippen MR) is 65.0 cm³/mol. The summed E-state index contributed by atoms with van der Waals surface area (Å²) in [6.07, 6.45) is 2.39. The smallest absolute Gasteiger partial charge is 0.133 e. The lowest BCUT2D eigenvalue weighted by atomic mass is 10.2. The van der Waals surface area contributed by atoms with E-state index >= 15 is 0 Å². The number of aryl methyl sites for hydroxylation is 1. The van der Waals surface area contributed by atoms with Crippen molar-refractivity contribution in [1.82, 2.24) is 4.98 Å². The van der Waals surface area contributed by atoms with E-state index in [0.717, 1.165) is 23.6 Å². The van der Waals surface area contributed by atoms with Crippen LogP contribution in [-0.4, -0.2) is 18.6 Å². The van der Waals surface area contributed by atoms with E-state index in [1.54, 1.807) is 0 Å². The normalized spacial score (nSPS) is 10.4. The van der Waals surface area contributed by atoms with Crippen LogP contribution in [0.25, 0.3) is 0 Å². The van der Waals surface area contributed by atoms with E-state index < -0.39 is 0 Å². The molecule has 3 nitrogen and oxygen atoms in total. The fraction of sp³-hybridized carbons (Fsp3) is 0.583. The minimum Gasteiger partial charge on any atom is -0.359 e. The fourth-order valence-electron chi connectivity index (χ4n) is 1.56. The van der Waals surface area contributed by atoms with Gasteiger partial charge in [0, 0.05) is 31.4 Å². The van der Waals surface area contributed by atoms with Gasteiger partial charge in [0.1, 0.15) is 5.82 Å².